The van der Waals surface area contributed by atoms with Crippen LogP contribution >= 0.6 is 11.6 Å². The van der Waals surface area contributed by atoms with E-state index in [1.165, 1.54) is 6.07 Å². The Morgan fingerprint density at radius 2 is 2.24 bits per heavy atom. The zero-order chi connectivity index (χ0) is 12.4. The van der Waals surface area contributed by atoms with Crippen LogP contribution in [0.3, 0.4) is 0 Å². The summed E-state index contributed by atoms with van der Waals surface area (Å²) in [5.74, 6) is 0.826. The summed E-state index contributed by atoms with van der Waals surface area (Å²) in [6.07, 6.45) is 0.263. The van der Waals surface area contributed by atoms with E-state index in [1.54, 1.807) is 23.9 Å². The average Bonchev–Trinajstić information content (AvgIpc) is 2.64. The summed E-state index contributed by atoms with van der Waals surface area (Å²) in [4.78, 5) is 4.21. The normalized spacial score (nSPS) is 10.8. The van der Waals surface area contributed by atoms with E-state index in [2.05, 4.69) is 10.1 Å². The van der Waals surface area contributed by atoms with E-state index in [9.17, 15) is 4.39 Å². The number of hydrogen-bond donors (Lipinski definition) is 1. The molecule has 0 atom stereocenters. The predicted octanol–water partition coefficient (Wildman–Crippen LogP) is 1.66. The van der Waals surface area contributed by atoms with E-state index >= 15 is 0 Å². The van der Waals surface area contributed by atoms with Gasteiger partial charge >= 0.3 is 0 Å². The highest BCUT2D eigenvalue weighted by molar-refractivity contribution is 6.31. The van der Waals surface area contributed by atoms with Gasteiger partial charge < -0.3 is 5.73 Å². The van der Waals surface area contributed by atoms with Crippen molar-refractivity contribution in [1.82, 2.24) is 14.8 Å². The van der Waals surface area contributed by atoms with Crippen molar-refractivity contribution in [3.8, 4) is 0 Å². The number of aromatic nitrogens is 3. The third kappa shape index (κ3) is 2.45. The molecule has 0 aliphatic heterocycles. The number of nitrogens with two attached hydrogens (primary N) is 1. The largest absolute Gasteiger partial charge is 0.324 e. The summed E-state index contributed by atoms with van der Waals surface area (Å²) >= 11 is 5.93. The first-order chi connectivity index (χ1) is 8.11. The maximum Gasteiger partial charge on any atom is 0.155 e. The van der Waals surface area contributed by atoms with Crippen LogP contribution in [-0.4, -0.2) is 14.8 Å². The van der Waals surface area contributed by atoms with Gasteiger partial charge in [0.15, 0.2) is 5.82 Å². The Bertz CT molecular complexity index is 518. The van der Waals surface area contributed by atoms with Gasteiger partial charge in [-0.15, -0.1) is 0 Å². The van der Waals surface area contributed by atoms with Crippen molar-refractivity contribution in [2.45, 2.75) is 13.0 Å². The Morgan fingerprint density at radius 3 is 2.82 bits per heavy atom. The van der Waals surface area contributed by atoms with Crippen molar-refractivity contribution in [3.63, 3.8) is 0 Å². The minimum absolute atomic E-state index is 0.263. The van der Waals surface area contributed by atoms with Crippen molar-refractivity contribution in [2.24, 2.45) is 12.8 Å². The molecular formula is C11H12ClFN4. The molecule has 2 aromatic rings. The van der Waals surface area contributed by atoms with Crippen molar-refractivity contribution in [2.75, 3.05) is 0 Å². The maximum atomic E-state index is 13.6. The third-order valence-electron chi connectivity index (χ3n) is 2.48. The van der Waals surface area contributed by atoms with Crippen LogP contribution in [0.4, 0.5) is 4.39 Å². The molecule has 0 spiro atoms. The quantitative estimate of drug-likeness (QED) is 0.906. The van der Waals surface area contributed by atoms with Crippen molar-refractivity contribution in [3.05, 3.63) is 46.3 Å². The van der Waals surface area contributed by atoms with Crippen molar-refractivity contribution >= 4 is 11.6 Å². The highest BCUT2D eigenvalue weighted by Crippen LogP contribution is 2.21. The van der Waals surface area contributed by atoms with Crippen LogP contribution in [0, 0.1) is 5.82 Å². The molecule has 0 radical (unpaired) electrons. The van der Waals surface area contributed by atoms with Gasteiger partial charge in [-0.1, -0.05) is 17.7 Å². The fourth-order valence-corrected chi connectivity index (χ4v) is 1.82. The van der Waals surface area contributed by atoms with Crippen LogP contribution in [0.25, 0.3) is 0 Å². The fraction of sp³-hybridized carbons (Fsp3) is 0.273. The maximum absolute atomic E-state index is 13.6. The summed E-state index contributed by atoms with van der Waals surface area (Å²) < 4.78 is 15.1. The first-order valence-corrected chi connectivity index (χ1v) is 5.51. The molecule has 1 aromatic carbocycles. The Labute approximate surface area is 103 Å². The Morgan fingerprint density at radius 1 is 1.47 bits per heavy atom. The van der Waals surface area contributed by atoms with Crippen LogP contribution in [0.2, 0.25) is 5.02 Å². The minimum atomic E-state index is -0.348. The number of benzene rings is 1. The molecule has 0 amide bonds. The van der Waals surface area contributed by atoms with E-state index in [0.717, 1.165) is 0 Å². The lowest BCUT2D eigenvalue weighted by molar-refractivity contribution is 0.611. The molecule has 17 heavy (non-hydrogen) atoms. The summed E-state index contributed by atoms with van der Waals surface area (Å²) in [7, 11) is 1.75. The zero-order valence-corrected chi connectivity index (χ0v) is 10.1. The number of hydrogen-bond acceptors (Lipinski definition) is 3. The molecule has 0 aliphatic rings. The highest BCUT2D eigenvalue weighted by atomic mass is 35.5. The standard InChI is InChI=1S/C11H12ClFN4/c1-17-11(6-14)15-10(16-17)5-7-8(12)3-2-4-9(7)13/h2-4H,5-6,14H2,1H3. The van der Waals surface area contributed by atoms with Crippen molar-refractivity contribution in [1.29, 1.82) is 0 Å². The predicted molar refractivity (Wildman–Crippen MR) is 63.1 cm³/mol. The summed E-state index contributed by atoms with van der Waals surface area (Å²) in [5.41, 5.74) is 5.90. The summed E-state index contributed by atoms with van der Waals surface area (Å²) in [6, 6.07) is 4.58. The molecule has 6 heteroatoms. The van der Waals surface area contributed by atoms with E-state index in [1.807, 2.05) is 0 Å². The Hall–Kier alpha value is -1.46. The van der Waals surface area contributed by atoms with Crippen LogP contribution in [0.5, 0.6) is 0 Å². The molecule has 2 rings (SSSR count). The summed E-state index contributed by atoms with van der Waals surface area (Å²) in [5, 5.41) is 4.54. The molecule has 0 saturated carbocycles. The molecule has 0 fully saturated rings. The number of rotatable bonds is 3. The molecule has 0 saturated heterocycles. The van der Waals surface area contributed by atoms with Gasteiger partial charge in [0.25, 0.3) is 0 Å². The second kappa shape index (κ2) is 4.81. The monoisotopic (exact) mass is 254 g/mol. The van der Waals surface area contributed by atoms with Gasteiger partial charge in [-0.25, -0.2) is 9.37 Å². The molecule has 0 bridgehead atoms. The first-order valence-electron chi connectivity index (χ1n) is 5.13. The topological polar surface area (TPSA) is 56.7 Å². The van der Waals surface area contributed by atoms with Crippen LogP contribution < -0.4 is 5.73 Å². The molecule has 0 aliphatic carbocycles. The lowest BCUT2D eigenvalue weighted by Crippen LogP contribution is -2.05. The zero-order valence-electron chi connectivity index (χ0n) is 9.32. The third-order valence-corrected chi connectivity index (χ3v) is 2.83. The minimum Gasteiger partial charge on any atom is -0.324 e. The SMILES string of the molecule is Cn1nc(Cc2c(F)cccc2Cl)nc1CN. The van der Waals surface area contributed by atoms with Crippen molar-refractivity contribution < 1.29 is 4.39 Å². The van der Waals surface area contributed by atoms with Gasteiger partial charge in [0, 0.05) is 24.1 Å². The lowest BCUT2D eigenvalue weighted by Gasteiger charge is -2.02. The van der Waals surface area contributed by atoms with Gasteiger partial charge in [0.2, 0.25) is 0 Å². The van der Waals surface area contributed by atoms with E-state index < -0.39 is 0 Å². The van der Waals surface area contributed by atoms with Gasteiger partial charge in [-0.2, -0.15) is 5.10 Å². The van der Waals surface area contributed by atoms with Crippen LogP contribution in [0.15, 0.2) is 18.2 Å². The van der Waals surface area contributed by atoms with Crippen LogP contribution in [0.1, 0.15) is 17.2 Å². The molecule has 1 heterocycles. The molecule has 1 aromatic heterocycles. The second-order valence-corrected chi connectivity index (χ2v) is 4.06. The number of nitrogens with zero attached hydrogens (tertiary/aromatic N) is 3. The van der Waals surface area contributed by atoms with Gasteiger partial charge in [0.05, 0.1) is 6.54 Å². The highest BCUT2D eigenvalue weighted by Gasteiger charge is 2.12. The first kappa shape index (κ1) is 12.0. The number of aryl methyl sites for hydroxylation is 1. The number of halogens is 2. The lowest BCUT2D eigenvalue weighted by atomic mass is 10.1. The van der Waals surface area contributed by atoms with Gasteiger partial charge in [-0.05, 0) is 12.1 Å². The Kier molecular flexibility index (Phi) is 3.40. The average molecular weight is 255 g/mol. The van der Waals surface area contributed by atoms with Gasteiger partial charge in [-0.3, -0.25) is 4.68 Å². The molecular weight excluding hydrogens is 243 g/mol. The van der Waals surface area contributed by atoms with Gasteiger partial charge in [0.1, 0.15) is 11.6 Å². The molecule has 2 N–H and O–H groups in total. The van der Waals surface area contributed by atoms with E-state index in [0.29, 0.717) is 28.8 Å². The molecule has 4 nitrogen and oxygen atoms in total. The smallest absolute Gasteiger partial charge is 0.155 e. The fourth-order valence-electron chi connectivity index (χ4n) is 1.59. The molecule has 90 valence electrons. The van der Waals surface area contributed by atoms with E-state index in [4.69, 9.17) is 17.3 Å². The van der Waals surface area contributed by atoms with E-state index in [-0.39, 0.29) is 12.2 Å². The molecule has 0 unspecified atom stereocenters. The summed E-state index contributed by atoms with van der Waals surface area (Å²) in [6.45, 7) is 0.300. The Balaban J connectivity index is 2.31. The van der Waals surface area contributed by atoms with Crippen LogP contribution in [-0.2, 0) is 20.0 Å². The second-order valence-electron chi connectivity index (χ2n) is 3.65.